The van der Waals surface area contributed by atoms with Crippen LogP contribution in [-0.4, -0.2) is 25.6 Å². The Balaban J connectivity index is 1.71. The predicted molar refractivity (Wildman–Crippen MR) is 112 cm³/mol. The van der Waals surface area contributed by atoms with Gasteiger partial charge in [-0.15, -0.1) is 0 Å². The number of halogens is 2. The molecule has 0 radical (unpaired) electrons. The first-order valence-corrected chi connectivity index (χ1v) is 10.0. The topological polar surface area (TPSA) is 131 Å². The highest BCUT2D eigenvalue weighted by Gasteiger charge is 2.37. The van der Waals surface area contributed by atoms with E-state index in [9.17, 15) is 18.8 Å². The molecule has 3 N–H and O–H groups in total. The zero-order valence-electron chi connectivity index (χ0n) is 17.1. The summed E-state index contributed by atoms with van der Waals surface area (Å²) in [6.45, 7) is 1.68. The van der Waals surface area contributed by atoms with Crippen LogP contribution in [0, 0.1) is 28.4 Å². The summed E-state index contributed by atoms with van der Waals surface area (Å²) < 4.78 is 27.0. The molecule has 10 heteroatoms. The van der Waals surface area contributed by atoms with Crippen molar-refractivity contribution in [1.29, 1.82) is 10.7 Å². The standard InChI is InChI=1S/C22H19F2N7O/c1-11(12-3-6-15(23)16(24)9-12)29-21-18(17(26)10-25)22(32)31-20(30-21)14-5-4-13(14)19-27-7-2-8-28-19/h2-3,6-9,11,13-14,26H,4-5H2,1H3,(H2,29,30,31,32). The van der Waals surface area contributed by atoms with Gasteiger partial charge in [-0.2, -0.15) is 5.26 Å². The van der Waals surface area contributed by atoms with E-state index in [2.05, 4.69) is 25.3 Å². The molecule has 1 saturated carbocycles. The summed E-state index contributed by atoms with van der Waals surface area (Å²) in [6.07, 6.45) is 4.91. The van der Waals surface area contributed by atoms with Gasteiger partial charge < -0.3 is 10.3 Å². The molecule has 1 aliphatic carbocycles. The van der Waals surface area contributed by atoms with Gasteiger partial charge in [-0.25, -0.2) is 23.7 Å². The van der Waals surface area contributed by atoms with E-state index in [1.54, 1.807) is 31.5 Å². The van der Waals surface area contributed by atoms with E-state index in [0.717, 1.165) is 25.0 Å². The molecule has 8 nitrogen and oxygen atoms in total. The molecular formula is C22H19F2N7O. The minimum Gasteiger partial charge on any atom is -0.363 e. The van der Waals surface area contributed by atoms with Crippen molar-refractivity contribution in [3.8, 4) is 6.07 Å². The molecular weight excluding hydrogens is 416 g/mol. The molecule has 2 heterocycles. The number of nitrogens with one attached hydrogen (secondary N) is 3. The Hall–Kier alpha value is -4.00. The summed E-state index contributed by atoms with van der Waals surface area (Å²) in [5.74, 6) is -1.03. The van der Waals surface area contributed by atoms with Gasteiger partial charge in [0.25, 0.3) is 5.56 Å². The van der Waals surface area contributed by atoms with Gasteiger partial charge in [0.1, 0.15) is 34.8 Å². The van der Waals surface area contributed by atoms with Crippen LogP contribution >= 0.6 is 0 Å². The first kappa shape index (κ1) is 21.2. The Morgan fingerprint density at radius 2 is 1.97 bits per heavy atom. The van der Waals surface area contributed by atoms with E-state index < -0.39 is 28.9 Å². The van der Waals surface area contributed by atoms with Gasteiger partial charge in [0.15, 0.2) is 11.6 Å². The minimum atomic E-state index is -0.999. The molecule has 0 spiro atoms. The largest absolute Gasteiger partial charge is 0.363 e. The van der Waals surface area contributed by atoms with Crippen LogP contribution in [0.1, 0.15) is 60.4 Å². The van der Waals surface area contributed by atoms with Gasteiger partial charge in [0, 0.05) is 24.2 Å². The molecule has 3 aromatic rings. The van der Waals surface area contributed by atoms with Crippen LogP contribution in [0.4, 0.5) is 14.6 Å². The van der Waals surface area contributed by atoms with E-state index in [4.69, 9.17) is 5.41 Å². The smallest absolute Gasteiger partial charge is 0.263 e. The van der Waals surface area contributed by atoms with Crippen LogP contribution in [0.25, 0.3) is 0 Å². The molecule has 2 aromatic heterocycles. The summed E-state index contributed by atoms with van der Waals surface area (Å²) in [6, 6.07) is 6.27. The molecule has 1 fully saturated rings. The number of H-pyrrole nitrogens is 1. The molecule has 0 amide bonds. The van der Waals surface area contributed by atoms with Gasteiger partial charge >= 0.3 is 0 Å². The van der Waals surface area contributed by atoms with Gasteiger partial charge in [0.2, 0.25) is 0 Å². The average Bonchev–Trinajstić information content (AvgIpc) is 2.75. The normalized spacial score (nSPS) is 18.3. The Labute approximate surface area is 181 Å². The number of nitriles is 1. The van der Waals surface area contributed by atoms with Crippen molar-refractivity contribution in [2.75, 3.05) is 5.32 Å². The monoisotopic (exact) mass is 435 g/mol. The highest BCUT2D eigenvalue weighted by Crippen LogP contribution is 2.46. The van der Waals surface area contributed by atoms with Crippen LogP contribution in [0.15, 0.2) is 41.5 Å². The fourth-order valence-corrected chi connectivity index (χ4v) is 3.77. The van der Waals surface area contributed by atoms with Gasteiger partial charge in [0.05, 0.1) is 6.04 Å². The number of aromatic nitrogens is 4. The molecule has 32 heavy (non-hydrogen) atoms. The van der Waals surface area contributed by atoms with Crippen LogP contribution in [0.3, 0.4) is 0 Å². The summed E-state index contributed by atoms with van der Waals surface area (Å²) in [5, 5.41) is 20.1. The fraction of sp³-hybridized carbons (Fsp3) is 0.273. The van der Waals surface area contributed by atoms with Crippen molar-refractivity contribution < 1.29 is 8.78 Å². The summed E-state index contributed by atoms with van der Waals surface area (Å²) >= 11 is 0. The number of aromatic amines is 1. The number of nitrogens with zero attached hydrogens (tertiary/aromatic N) is 4. The van der Waals surface area contributed by atoms with Crippen molar-refractivity contribution in [3.05, 3.63) is 81.4 Å². The highest BCUT2D eigenvalue weighted by atomic mass is 19.2. The molecule has 3 atom stereocenters. The third-order valence-corrected chi connectivity index (χ3v) is 5.64. The maximum atomic E-state index is 13.7. The zero-order valence-corrected chi connectivity index (χ0v) is 17.1. The van der Waals surface area contributed by atoms with Gasteiger partial charge in [-0.3, -0.25) is 10.2 Å². The highest BCUT2D eigenvalue weighted by molar-refractivity contribution is 6.12. The van der Waals surface area contributed by atoms with Crippen molar-refractivity contribution in [2.45, 2.75) is 37.6 Å². The third-order valence-electron chi connectivity index (χ3n) is 5.64. The fourth-order valence-electron chi connectivity index (χ4n) is 3.77. The maximum Gasteiger partial charge on any atom is 0.263 e. The Bertz CT molecular complexity index is 1270. The third kappa shape index (κ3) is 3.97. The van der Waals surface area contributed by atoms with Crippen LogP contribution in [-0.2, 0) is 0 Å². The summed E-state index contributed by atoms with van der Waals surface area (Å²) in [7, 11) is 0. The number of benzene rings is 1. The SMILES string of the molecule is CC(Nc1nc(C2CCC2c2ncccn2)[nH]c(=O)c1C(=N)C#N)c1ccc(F)c(F)c1. The Morgan fingerprint density at radius 3 is 2.59 bits per heavy atom. The van der Waals surface area contributed by atoms with Crippen molar-refractivity contribution >= 4 is 11.5 Å². The molecule has 4 rings (SSSR count). The van der Waals surface area contributed by atoms with Crippen molar-refractivity contribution in [3.63, 3.8) is 0 Å². The maximum absolute atomic E-state index is 13.7. The lowest BCUT2D eigenvalue weighted by Crippen LogP contribution is -2.30. The second-order valence-corrected chi connectivity index (χ2v) is 7.60. The quantitative estimate of drug-likeness (QED) is 0.507. The number of anilines is 1. The number of hydrogen-bond acceptors (Lipinski definition) is 7. The Morgan fingerprint density at radius 1 is 1.25 bits per heavy atom. The zero-order chi connectivity index (χ0) is 22.8. The molecule has 3 unspecified atom stereocenters. The van der Waals surface area contributed by atoms with Crippen LogP contribution < -0.4 is 10.9 Å². The first-order valence-electron chi connectivity index (χ1n) is 10.0. The molecule has 1 aromatic carbocycles. The average molecular weight is 435 g/mol. The van der Waals surface area contributed by atoms with Crippen LogP contribution in [0.5, 0.6) is 0 Å². The second-order valence-electron chi connectivity index (χ2n) is 7.60. The lowest BCUT2D eigenvalue weighted by atomic mass is 9.72. The molecule has 1 aliphatic rings. The molecule has 0 saturated heterocycles. The summed E-state index contributed by atoms with van der Waals surface area (Å²) in [4.78, 5) is 28.6. The lowest BCUT2D eigenvalue weighted by Gasteiger charge is -2.34. The molecule has 0 bridgehead atoms. The van der Waals surface area contributed by atoms with E-state index in [0.29, 0.717) is 17.2 Å². The lowest BCUT2D eigenvalue weighted by molar-refractivity contribution is 0.318. The van der Waals surface area contributed by atoms with E-state index >= 15 is 0 Å². The van der Waals surface area contributed by atoms with Gasteiger partial charge in [-0.1, -0.05) is 6.07 Å². The number of hydrogen-bond donors (Lipinski definition) is 3. The minimum absolute atomic E-state index is 0.0166. The second kappa shape index (κ2) is 8.63. The van der Waals surface area contributed by atoms with E-state index in [1.165, 1.54) is 6.07 Å². The van der Waals surface area contributed by atoms with Crippen molar-refractivity contribution in [1.82, 2.24) is 19.9 Å². The van der Waals surface area contributed by atoms with E-state index in [1.807, 2.05) is 0 Å². The Kier molecular flexibility index (Phi) is 5.73. The molecule has 162 valence electrons. The number of rotatable bonds is 6. The van der Waals surface area contributed by atoms with Crippen molar-refractivity contribution in [2.24, 2.45) is 0 Å². The molecule has 0 aliphatic heterocycles. The summed E-state index contributed by atoms with van der Waals surface area (Å²) in [5.41, 5.74) is -0.971. The van der Waals surface area contributed by atoms with E-state index in [-0.39, 0.29) is 23.2 Å². The first-order chi connectivity index (χ1) is 15.4. The van der Waals surface area contributed by atoms with Gasteiger partial charge in [-0.05, 0) is 43.5 Å². The predicted octanol–water partition coefficient (Wildman–Crippen LogP) is 3.56. The van der Waals surface area contributed by atoms with Crippen LogP contribution in [0.2, 0.25) is 0 Å².